The SMILES string of the molecule is C[S@](=O)C[C@H](NC(=O)c1cccc2c1CCC2)c1ccccc1. The van der Waals surface area contributed by atoms with Crippen LogP contribution in [0.5, 0.6) is 0 Å². The first-order valence-corrected chi connectivity index (χ1v) is 9.64. The van der Waals surface area contributed by atoms with Crippen molar-refractivity contribution in [2.24, 2.45) is 0 Å². The van der Waals surface area contributed by atoms with Crippen LogP contribution in [-0.4, -0.2) is 22.1 Å². The normalized spacial score (nSPS) is 15.7. The van der Waals surface area contributed by atoms with Crippen molar-refractivity contribution in [3.63, 3.8) is 0 Å². The third-order valence-electron chi connectivity index (χ3n) is 4.30. The fourth-order valence-corrected chi connectivity index (χ4v) is 3.95. The highest BCUT2D eigenvalue weighted by molar-refractivity contribution is 7.84. The lowest BCUT2D eigenvalue weighted by Crippen LogP contribution is -2.32. The first kappa shape index (κ1) is 15.9. The van der Waals surface area contributed by atoms with Crippen LogP contribution in [0.25, 0.3) is 0 Å². The van der Waals surface area contributed by atoms with Crippen molar-refractivity contribution in [2.75, 3.05) is 12.0 Å². The molecule has 2 atom stereocenters. The molecule has 3 nitrogen and oxygen atoms in total. The van der Waals surface area contributed by atoms with E-state index in [0.29, 0.717) is 5.75 Å². The predicted molar refractivity (Wildman–Crippen MR) is 94.0 cm³/mol. The van der Waals surface area contributed by atoms with Crippen LogP contribution in [0.3, 0.4) is 0 Å². The molecule has 0 saturated heterocycles. The van der Waals surface area contributed by atoms with Crippen LogP contribution < -0.4 is 5.32 Å². The van der Waals surface area contributed by atoms with Crippen LogP contribution in [0.4, 0.5) is 0 Å². The summed E-state index contributed by atoms with van der Waals surface area (Å²) in [5.41, 5.74) is 4.22. The van der Waals surface area contributed by atoms with Crippen LogP contribution in [0.15, 0.2) is 48.5 Å². The van der Waals surface area contributed by atoms with E-state index in [1.54, 1.807) is 6.26 Å². The van der Waals surface area contributed by atoms with Crippen molar-refractivity contribution in [1.29, 1.82) is 0 Å². The lowest BCUT2D eigenvalue weighted by atomic mass is 10.0. The van der Waals surface area contributed by atoms with Crippen molar-refractivity contribution < 1.29 is 9.00 Å². The summed E-state index contributed by atoms with van der Waals surface area (Å²) in [5, 5.41) is 3.08. The number of amides is 1. The molecule has 0 bridgehead atoms. The molecule has 1 amide bonds. The minimum Gasteiger partial charge on any atom is -0.344 e. The number of carbonyl (C=O) groups excluding carboxylic acids is 1. The van der Waals surface area contributed by atoms with Crippen LogP contribution in [0.1, 0.15) is 39.5 Å². The molecule has 0 unspecified atom stereocenters. The Morgan fingerprint density at radius 1 is 1.13 bits per heavy atom. The molecular formula is C19H21NO2S. The molecule has 0 spiro atoms. The van der Waals surface area contributed by atoms with Crippen LogP contribution >= 0.6 is 0 Å². The Morgan fingerprint density at radius 2 is 1.91 bits per heavy atom. The number of benzene rings is 2. The van der Waals surface area contributed by atoms with Gasteiger partial charge >= 0.3 is 0 Å². The Morgan fingerprint density at radius 3 is 2.65 bits per heavy atom. The zero-order chi connectivity index (χ0) is 16.2. The summed E-state index contributed by atoms with van der Waals surface area (Å²) in [4.78, 5) is 12.8. The molecule has 1 aliphatic rings. The highest BCUT2D eigenvalue weighted by atomic mass is 32.2. The van der Waals surface area contributed by atoms with Gasteiger partial charge in [0, 0.05) is 28.4 Å². The molecule has 4 heteroatoms. The molecule has 2 aromatic rings. The standard InChI is InChI=1S/C19H21NO2S/c1-23(22)13-18(15-7-3-2-4-8-15)20-19(21)17-12-6-10-14-9-5-11-16(14)17/h2-4,6-8,10,12,18H,5,9,11,13H2,1H3,(H,20,21)/t18-,23-/m0/s1. The zero-order valence-electron chi connectivity index (χ0n) is 13.2. The van der Waals surface area contributed by atoms with Gasteiger partial charge in [-0.15, -0.1) is 0 Å². The second-order valence-corrected chi connectivity index (χ2v) is 7.45. The number of aryl methyl sites for hydroxylation is 1. The molecule has 1 aliphatic carbocycles. The van der Waals surface area contributed by atoms with E-state index in [0.717, 1.165) is 30.4 Å². The van der Waals surface area contributed by atoms with Gasteiger partial charge in [-0.05, 0) is 42.0 Å². The van der Waals surface area contributed by atoms with Gasteiger partial charge in [-0.2, -0.15) is 0 Å². The van der Waals surface area contributed by atoms with Gasteiger partial charge in [-0.1, -0.05) is 42.5 Å². The maximum absolute atomic E-state index is 12.8. The third-order valence-corrected chi connectivity index (χ3v) is 5.10. The topological polar surface area (TPSA) is 46.2 Å². The first-order chi connectivity index (χ1) is 11.1. The number of nitrogens with one attached hydrogen (secondary N) is 1. The minimum atomic E-state index is -0.983. The predicted octanol–water partition coefficient (Wildman–Crippen LogP) is 3.02. The summed E-state index contributed by atoms with van der Waals surface area (Å²) in [6, 6.07) is 15.5. The smallest absolute Gasteiger partial charge is 0.252 e. The van der Waals surface area contributed by atoms with Crippen LogP contribution in [0, 0.1) is 0 Å². The van der Waals surface area contributed by atoms with E-state index in [1.165, 1.54) is 11.1 Å². The monoisotopic (exact) mass is 327 g/mol. The third kappa shape index (κ3) is 3.70. The van der Waals surface area contributed by atoms with Gasteiger partial charge in [0.2, 0.25) is 0 Å². The Labute approximate surface area is 139 Å². The van der Waals surface area contributed by atoms with E-state index in [4.69, 9.17) is 0 Å². The second-order valence-electron chi connectivity index (χ2n) is 5.97. The number of rotatable bonds is 5. The summed E-state index contributed by atoms with van der Waals surface area (Å²) in [6.07, 6.45) is 4.80. The Hall–Kier alpha value is -1.94. The van der Waals surface area contributed by atoms with Crippen LogP contribution in [0.2, 0.25) is 0 Å². The molecule has 0 aliphatic heterocycles. The summed E-state index contributed by atoms with van der Waals surface area (Å²) in [7, 11) is -0.983. The lowest BCUT2D eigenvalue weighted by Gasteiger charge is -2.19. The first-order valence-electron chi connectivity index (χ1n) is 7.92. The van der Waals surface area contributed by atoms with Gasteiger partial charge < -0.3 is 5.32 Å². The summed E-state index contributed by atoms with van der Waals surface area (Å²) in [5.74, 6) is 0.355. The van der Waals surface area contributed by atoms with E-state index >= 15 is 0 Å². The number of fused-ring (bicyclic) bond motifs is 1. The quantitative estimate of drug-likeness (QED) is 0.917. The largest absolute Gasteiger partial charge is 0.344 e. The Bertz CT molecular complexity index is 727. The molecule has 3 rings (SSSR count). The molecule has 0 aromatic heterocycles. The molecule has 23 heavy (non-hydrogen) atoms. The number of hydrogen-bond donors (Lipinski definition) is 1. The van der Waals surface area contributed by atoms with Gasteiger partial charge in [0.1, 0.15) is 0 Å². The lowest BCUT2D eigenvalue weighted by molar-refractivity contribution is 0.0939. The van der Waals surface area contributed by atoms with Crippen molar-refractivity contribution >= 4 is 16.7 Å². The molecule has 0 heterocycles. The van der Waals surface area contributed by atoms with Gasteiger partial charge in [0.05, 0.1) is 6.04 Å². The van der Waals surface area contributed by atoms with Gasteiger partial charge in [-0.3, -0.25) is 9.00 Å². The highest BCUT2D eigenvalue weighted by Gasteiger charge is 2.22. The summed E-state index contributed by atoms with van der Waals surface area (Å²) in [6.45, 7) is 0. The summed E-state index contributed by atoms with van der Waals surface area (Å²) < 4.78 is 11.7. The average molecular weight is 327 g/mol. The van der Waals surface area contributed by atoms with Gasteiger partial charge in [-0.25, -0.2) is 0 Å². The van der Waals surface area contributed by atoms with Gasteiger partial charge in [0.15, 0.2) is 0 Å². The van der Waals surface area contributed by atoms with Gasteiger partial charge in [0.25, 0.3) is 5.91 Å². The molecule has 0 radical (unpaired) electrons. The Balaban J connectivity index is 1.84. The molecule has 0 saturated carbocycles. The maximum atomic E-state index is 12.8. The van der Waals surface area contributed by atoms with E-state index in [-0.39, 0.29) is 11.9 Å². The van der Waals surface area contributed by atoms with Crippen molar-refractivity contribution in [2.45, 2.75) is 25.3 Å². The fraction of sp³-hybridized carbons (Fsp3) is 0.316. The van der Waals surface area contributed by atoms with E-state index < -0.39 is 10.8 Å². The maximum Gasteiger partial charge on any atom is 0.252 e. The van der Waals surface area contributed by atoms with Crippen LogP contribution in [-0.2, 0) is 23.6 Å². The second kappa shape index (κ2) is 7.09. The van der Waals surface area contributed by atoms with E-state index in [1.807, 2.05) is 42.5 Å². The van der Waals surface area contributed by atoms with E-state index in [9.17, 15) is 9.00 Å². The average Bonchev–Trinajstić information content (AvgIpc) is 3.03. The molecule has 0 fully saturated rings. The fourth-order valence-electron chi connectivity index (χ4n) is 3.21. The molecule has 1 N–H and O–H groups in total. The van der Waals surface area contributed by atoms with Crippen molar-refractivity contribution in [3.05, 3.63) is 70.8 Å². The molecule has 2 aromatic carbocycles. The molecular weight excluding hydrogens is 306 g/mol. The number of hydrogen-bond acceptors (Lipinski definition) is 2. The highest BCUT2D eigenvalue weighted by Crippen LogP contribution is 2.26. The summed E-state index contributed by atoms with van der Waals surface area (Å²) >= 11 is 0. The minimum absolute atomic E-state index is 0.0666. The van der Waals surface area contributed by atoms with E-state index in [2.05, 4.69) is 11.4 Å². The zero-order valence-corrected chi connectivity index (χ0v) is 14.1. The van der Waals surface area contributed by atoms with Crippen molar-refractivity contribution in [3.8, 4) is 0 Å². The Kier molecular flexibility index (Phi) is 4.91. The number of carbonyl (C=O) groups is 1. The van der Waals surface area contributed by atoms with Crippen molar-refractivity contribution in [1.82, 2.24) is 5.32 Å². The molecule has 120 valence electrons.